The van der Waals surface area contributed by atoms with E-state index in [2.05, 4.69) is 6.72 Å². The molecule has 0 spiro atoms. The van der Waals surface area contributed by atoms with Crippen LogP contribution in [0.4, 0.5) is 5.69 Å². The molecule has 1 rings (SSSR count). The van der Waals surface area contributed by atoms with Gasteiger partial charge in [-0.15, -0.1) is 0 Å². The Balaban J connectivity index is 2.61. The van der Waals surface area contributed by atoms with Crippen molar-refractivity contribution >= 4 is 30.0 Å². The monoisotopic (exact) mass is 226 g/mol. The first kappa shape index (κ1) is 11.7. The minimum absolute atomic E-state index is 0.134. The van der Waals surface area contributed by atoms with Crippen LogP contribution in [0, 0.1) is 0 Å². The van der Waals surface area contributed by atoms with Gasteiger partial charge in [0.15, 0.2) is 0 Å². The van der Waals surface area contributed by atoms with E-state index in [0.717, 1.165) is 5.69 Å². The second-order valence-electron chi connectivity index (χ2n) is 2.98. The lowest BCUT2D eigenvalue weighted by molar-refractivity contribution is -0.422. The number of benzene rings is 1. The second kappa shape index (κ2) is 5.51. The van der Waals surface area contributed by atoms with Gasteiger partial charge in [0.1, 0.15) is 6.72 Å². The van der Waals surface area contributed by atoms with Crippen molar-refractivity contribution in [2.24, 2.45) is 0 Å². The van der Waals surface area contributed by atoms with Crippen LogP contribution in [0.25, 0.3) is 0 Å². The molecule has 0 saturated carbocycles. The van der Waals surface area contributed by atoms with E-state index in [0.29, 0.717) is 11.6 Å². The number of carbonyl (C=O) groups excluding carboxylic acids is 1. The predicted octanol–water partition coefficient (Wildman–Crippen LogP) is 2.25. The molecule has 0 unspecified atom stereocenters. The van der Waals surface area contributed by atoms with Crippen LogP contribution in [0.5, 0.6) is 0 Å². The van der Waals surface area contributed by atoms with Crippen molar-refractivity contribution in [1.29, 1.82) is 0 Å². The Kier molecular flexibility index (Phi) is 4.31. The molecular weight excluding hydrogens is 214 g/mol. The number of hydrogen-bond donors (Lipinski definition) is 0. The van der Waals surface area contributed by atoms with Gasteiger partial charge in [0.2, 0.25) is 12.2 Å². The highest BCUT2D eigenvalue weighted by Gasteiger charge is 2.12. The Hall–Kier alpha value is -1.35. The highest BCUT2D eigenvalue weighted by molar-refractivity contribution is 6.30. The van der Waals surface area contributed by atoms with E-state index >= 15 is 0 Å². The van der Waals surface area contributed by atoms with Gasteiger partial charge in [-0.25, -0.2) is 4.79 Å². The fourth-order valence-corrected chi connectivity index (χ4v) is 1.23. The summed E-state index contributed by atoms with van der Waals surface area (Å²) in [6.07, 6.45) is 0. The lowest BCUT2D eigenvalue weighted by Crippen LogP contribution is -2.18. The Morgan fingerprint density at radius 3 is 2.60 bits per heavy atom. The number of ether oxygens (including phenoxy) is 1. The molecule has 4 heteroatoms. The summed E-state index contributed by atoms with van der Waals surface area (Å²) in [6, 6.07) is 7.10. The van der Waals surface area contributed by atoms with Gasteiger partial charge in [-0.05, 0) is 19.1 Å². The van der Waals surface area contributed by atoms with Gasteiger partial charge >= 0.3 is 5.97 Å². The van der Waals surface area contributed by atoms with Crippen LogP contribution in [0.1, 0.15) is 6.92 Å². The third kappa shape index (κ3) is 3.72. The lowest BCUT2D eigenvalue weighted by Gasteiger charge is -2.01. The number of nitrogens with zero attached hydrogens (tertiary/aromatic N) is 1. The van der Waals surface area contributed by atoms with Crippen LogP contribution in [-0.4, -0.2) is 30.4 Å². The van der Waals surface area contributed by atoms with Crippen LogP contribution in [-0.2, 0) is 9.53 Å². The first-order chi connectivity index (χ1) is 7.13. The smallest absolute Gasteiger partial charge is 0.372 e. The Labute approximate surface area is 93.9 Å². The number of halogens is 1. The topological polar surface area (TPSA) is 29.3 Å². The summed E-state index contributed by atoms with van der Waals surface area (Å²) in [5, 5.41) is 0.656. The zero-order valence-corrected chi connectivity index (χ0v) is 9.33. The molecule has 0 amide bonds. The van der Waals surface area contributed by atoms with Gasteiger partial charge in [0, 0.05) is 17.2 Å². The van der Waals surface area contributed by atoms with Crippen molar-refractivity contribution in [2.75, 3.05) is 13.2 Å². The highest BCUT2D eigenvalue weighted by Crippen LogP contribution is 2.15. The van der Waals surface area contributed by atoms with Crippen molar-refractivity contribution in [3.63, 3.8) is 0 Å². The Morgan fingerprint density at radius 1 is 1.47 bits per heavy atom. The molecule has 1 aromatic rings. The zero-order chi connectivity index (χ0) is 11.3. The fraction of sp³-hybridized carbons (Fsp3) is 0.273. The Morgan fingerprint density at radius 2 is 2.07 bits per heavy atom. The standard InChI is InChI=1S/C11H13ClNO2/c1-3-15-11(14)8-13(2)10-6-4-9(12)5-7-10/h4-7H,2-3,8H2,1H3/q+1. The van der Waals surface area contributed by atoms with Crippen molar-refractivity contribution in [1.82, 2.24) is 0 Å². The van der Waals surface area contributed by atoms with Gasteiger partial charge in [-0.1, -0.05) is 11.6 Å². The van der Waals surface area contributed by atoms with Gasteiger partial charge < -0.3 is 4.74 Å². The van der Waals surface area contributed by atoms with E-state index in [9.17, 15) is 4.79 Å². The zero-order valence-electron chi connectivity index (χ0n) is 8.57. The molecule has 0 atom stereocenters. The highest BCUT2D eigenvalue weighted by atomic mass is 35.5. The van der Waals surface area contributed by atoms with Crippen LogP contribution < -0.4 is 0 Å². The number of carbonyl (C=O) groups is 1. The molecule has 0 radical (unpaired) electrons. The van der Waals surface area contributed by atoms with Crippen LogP contribution in [0.3, 0.4) is 0 Å². The molecule has 0 aromatic heterocycles. The molecule has 0 aliphatic heterocycles. The maximum atomic E-state index is 11.2. The largest absolute Gasteiger partial charge is 0.461 e. The molecule has 80 valence electrons. The second-order valence-corrected chi connectivity index (χ2v) is 3.42. The van der Waals surface area contributed by atoms with E-state index in [4.69, 9.17) is 16.3 Å². The molecule has 0 saturated heterocycles. The Bertz CT molecular complexity index is 359. The molecule has 0 heterocycles. The van der Waals surface area contributed by atoms with Crippen molar-refractivity contribution in [3.05, 3.63) is 29.3 Å². The summed E-state index contributed by atoms with van der Waals surface area (Å²) in [4.78, 5) is 11.2. The summed E-state index contributed by atoms with van der Waals surface area (Å²) in [6.45, 7) is 6.04. The van der Waals surface area contributed by atoms with E-state index < -0.39 is 0 Å². The average Bonchev–Trinajstić information content (AvgIpc) is 2.18. The molecule has 1 aromatic carbocycles. The van der Waals surface area contributed by atoms with Crippen LogP contribution >= 0.6 is 11.6 Å². The normalized spacial score (nSPS) is 9.73. The number of esters is 1. The van der Waals surface area contributed by atoms with E-state index in [1.165, 1.54) is 0 Å². The first-order valence-corrected chi connectivity index (χ1v) is 5.00. The summed E-state index contributed by atoms with van der Waals surface area (Å²) in [7, 11) is 0. The average molecular weight is 227 g/mol. The minimum atomic E-state index is -0.289. The van der Waals surface area contributed by atoms with E-state index in [1.807, 2.05) is 0 Å². The molecule has 0 N–H and O–H groups in total. The number of hydrogen-bond acceptors (Lipinski definition) is 2. The van der Waals surface area contributed by atoms with Crippen LogP contribution in [0.15, 0.2) is 24.3 Å². The summed E-state index contributed by atoms with van der Waals surface area (Å²) in [5.74, 6) is -0.289. The first-order valence-electron chi connectivity index (χ1n) is 4.62. The molecule has 15 heavy (non-hydrogen) atoms. The predicted molar refractivity (Wildman–Crippen MR) is 60.0 cm³/mol. The fourth-order valence-electron chi connectivity index (χ4n) is 1.11. The molecule has 0 fully saturated rings. The van der Waals surface area contributed by atoms with Gasteiger partial charge in [-0.3, -0.25) is 0 Å². The molecule has 0 aliphatic carbocycles. The molecule has 3 nitrogen and oxygen atoms in total. The van der Waals surface area contributed by atoms with Gasteiger partial charge in [-0.2, -0.15) is 4.58 Å². The SMILES string of the molecule is C=[N+](CC(=O)OCC)c1ccc(Cl)cc1. The third-order valence-electron chi connectivity index (χ3n) is 1.82. The van der Waals surface area contributed by atoms with E-state index in [1.54, 1.807) is 35.8 Å². The summed E-state index contributed by atoms with van der Waals surface area (Å²) < 4.78 is 6.37. The quantitative estimate of drug-likeness (QED) is 0.448. The van der Waals surface area contributed by atoms with Gasteiger partial charge in [0.25, 0.3) is 0 Å². The summed E-state index contributed by atoms with van der Waals surface area (Å²) >= 11 is 5.74. The third-order valence-corrected chi connectivity index (χ3v) is 2.07. The van der Waals surface area contributed by atoms with Crippen LogP contribution in [0.2, 0.25) is 5.02 Å². The number of rotatable bonds is 4. The maximum absolute atomic E-state index is 11.2. The van der Waals surface area contributed by atoms with Crippen molar-refractivity contribution < 1.29 is 14.1 Å². The van der Waals surface area contributed by atoms with Gasteiger partial charge in [0.05, 0.1) is 6.61 Å². The molecular formula is C11H13ClNO2+. The van der Waals surface area contributed by atoms with Crippen molar-refractivity contribution in [3.8, 4) is 0 Å². The lowest BCUT2D eigenvalue weighted by atomic mass is 10.3. The summed E-state index contributed by atoms with van der Waals surface area (Å²) in [5.41, 5.74) is 0.826. The molecule has 0 aliphatic rings. The maximum Gasteiger partial charge on any atom is 0.372 e. The van der Waals surface area contributed by atoms with Crippen molar-refractivity contribution in [2.45, 2.75) is 6.92 Å². The minimum Gasteiger partial charge on any atom is -0.461 e. The van der Waals surface area contributed by atoms with E-state index in [-0.39, 0.29) is 12.5 Å². The molecule has 0 bridgehead atoms.